The number of hydrogen-bond donors (Lipinski definition) is 0. The maximum absolute atomic E-state index is 5.51. The van der Waals surface area contributed by atoms with Crippen LogP contribution >= 0.6 is 0 Å². The minimum absolute atomic E-state index is 0.712. The highest BCUT2D eigenvalue weighted by Crippen LogP contribution is 2.44. The van der Waals surface area contributed by atoms with Gasteiger partial charge in [-0.3, -0.25) is 0 Å². The largest absolute Gasteiger partial charge is 0.493 e. The van der Waals surface area contributed by atoms with E-state index >= 15 is 0 Å². The fourth-order valence-corrected chi connectivity index (χ4v) is 2.34. The molecule has 3 rings (SSSR count). The number of ether oxygens (including phenoxy) is 3. The molecule has 0 saturated heterocycles. The third kappa shape index (κ3) is 1.91. The third-order valence-corrected chi connectivity index (χ3v) is 3.23. The molecule has 0 aliphatic carbocycles. The van der Waals surface area contributed by atoms with Gasteiger partial charge in [0.15, 0.2) is 11.5 Å². The summed E-state index contributed by atoms with van der Waals surface area (Å²) in [7, 11) is 3.28. The second-order valence-corrected chi connectivity index (χ2v) is 4.26. The summed E-state index contributed by atoms with van der Waals surface area (Å²) in [5.74, 6) is 2.28. The molecule has 1 aliphatic rings. The van der Waals surface area contributed by atoms with E-state index in [1.54, 1.807) is 14.2 Å². The molecule has 1 aliphatic heterocycles. The smallest absolute Gasteiger partial charge is 0.201 e. The van der Waals surface area contributed by atoms with Crippen LogP contribution in [0.25, 0.3) is 11.1 Å². The second-order valence-electron chi connectivity index (χ2n) is 4.26. The second kappa shape index (κ2) is 4.84. The molecule has 0 bridgehead atoms. The van der Waals surface area contributed by atoms with Crippen LogP contribution in [0.1, 0.15) is 5.56 Å². The zero-order valence-corrected chi connectivity index (χ0v) is 10.9. The van der Waals surface area contributed by atoms with Crippen LogP contribution in [0.2, 0.25) is 0 Å². The van der Waals surface area contributed by atoms with E-state index in [0.717, 1.165) is 28.9 Å². The molecule has 0 saturated carbocycles. The molecule has 96 valence electrons. The molecule has 0 unspecified atom stereocenters. The molecular weight excluding hydrogens is 240 g/mol. The molecule has 0 amide bonds. The van der Waals surface area contributed by atoms with Gasteiger partial charge in [0.1, 0.15) is 5.75 Å². The molecule has 19 heavy (non-hydrogen) atoms. The molecule has 2 radical (unpaired) electrons. The average molecular weight is 254 g/mol. The van der Waals surface area contributed by atoms with E-state index in [1.165, 1.54) is 0 Å². The van der Waals surface area contributed by atoms with E-state index in [2.05, 4.69) is 6.61 Å². The fourth-order valence-electron chi connectivity index (χ4n) is 2.34. The molecule has 0 N–H and O–H groups in total. The van der Waals surface area contributed by atoms with Gasteiger partial charge in [-0.15, -0.1) is 0 Å². The number of fused-ring (bicyclic) bond motifs is 1. The number of rotatable bonds is 3. The number of methoxy groups -OCH3 is 2. The van der Waals surface area contributed by atoms with Crippen molar-refractivity contribution in [3.8, 4) is 28.4 Å². The van der Waals surface area contributed by atoms with Crippen molar-refractivity contribution in [1.82, 2.24) is 0 Å². The molecule has 2 aromatic rings. The Bertz CT molecular complexity index is 605. The van der Waals surface area contributed by atoms with Gasteiger partial charge in [0, 0.05) is 17.5 Å². The van der Waals surface area contributed by atoms with Crippen molar-refractivity contribution in [2.75, 3.05) is 14.2 Å². The van der Waals surface area contributed by atoms with Crippen LogP contribution in [0, 0.1) is 6.61 Å². The minimum Gasteiger partial charge on any atom is -0.493 e. The maximum Gasteiger partial charge on any atom is 0.201 e. The Hall–Kier alpha value is -2.16. The van der Waals surface area contributed by atoms with Crippen LogP contribution in [0.4, 0.5) is 0 Å². The summed E-state index contributed by atoms with van der Waals surface area (Å²) in [5.41, 5.74) is 3.10. The van der Waals surface area contributed by atoms with Gasteiger partial charge in [0.2, 0.25) is 6.61 Å². The molecule has 0 atom stereocenters. The van der Waals surface area contributed by atoms with E-state index in [0.29, 0.717) is 11.5 Å². The maximum atomic E-state index is 5.51. The van der Waals surface area contributed by atoms with E-state index in [1.807, 2.05) is 36.4 Å². The van der Waals surface area contributed by atoms with E-state index in [-0.39, 0.29) is 0 Å². The van der Waals surface area contributed by atoms with Crippen molar-refractivity contribution < 1.29 is 14.2 Å². The molecule has 0 fully saturated rings. The number of para-hydroxylation sites is 2. The van der Waals surface area contributed by atoms with Gasteiger partial charge in [-0.2, -0.15) is 0 Å². The quantitative estimate of drug-likeness (QED) is 0.840. The van der Waals surface area contributed by atoms with Crippen LogP contribution in [0.3, 0.4) is 0 Å². The Morgan fingerprint density at radius 1 is 1.00 bits per heavy atom. The van der Waals surface area contributed by atoms with Crippen LogP contribution in [-0.2, 0) is 6.42 Å². The number of hydrogen-bond acceptors (Lipinski definition) is 3. The lowest BCUT2D eigenvalue weighted by Gasteiger charge is -2.14. The van der Waals surface area contributed by atoms with E-state index in [4.69, 9.17) is 14.2 Å². The first-order valence-electron chi connectivity index (χ1n) is 6.08. The van der Waals surface area contributed by atoms with Gasteiger partial charge in [0.05, 0.1) is 14.2 Å². The lowest BCUT2D eigenvalue weighted by Crippen LogP contribution is -1.94. The highest BCUT2D eigenvalue weighted by atomic mass is 16.5. The Morgan fingerprint density at radius 3 is 2.58 bits per heavy atom. The molecule has 1 heterocycles. The van der Waals surface area contributed by atoms with E-state index < -0.39 is 0 Å². The first kappa shape index (κ1) is 11.9. The van der Waals surface area contributed by atoms with Crippen LogP contribution in [-0.4, -0.2) is 14.2 Å². The Balaban J connectivity index is 2.20. The van der Waals surface area contributed by atoms with Crippen LogP contribution in [0.5, 0.6) is 17.2 Å². The first-order valence-corrected chi connectivity index (χ1v) is 6.08. The topological polar surface area (TPSA) is 27.7 Å². The normalized spacial score (nSPS) is 12.7. The van der Waals surface area contributed by atoms with Crippen molar-refractivity contribution in [3.63, 3.8) is 0 Å². The van der Waals surface area contributed by atoms with Crippen LogP contribution < -0.4 is 14.2 Å². The summed E-state index contributed by atoms with van der Waals surface area (Å²) in [5, 5.41) is 0. The van der Waals surface area contributed by atoms with Crippen molar-refractivity contribution in [2.45, 2.75) is 6.42 Å². The van der Waals surface area contributed by atoms with Crippen molar-refractivity contribution in [1.29, 1.82) is 0 Å². The zero-order valence-electron chi connectivity index (χ0n) is 10.9. The van der Waals surface area contributed by atoms with Gasteiger partial charge in [-0.25, -0.2) is 0 Å². The predicted octanol–water partition coefficient (Wildman–Crippen LogP) is 3.34. The zero-order chi connectivity index (χ0) is 13.2. The summed E-state index contributed by atoms with van der Waals surface area (Å²) < 4.78 is 16.3. The van der Waals surface area contributed by atoms with E-state index in [9.17, 15) is 0 Å². The van der Waals surface area contributed by atoms with Crippen molar-refractivity contribution in [3.05, 3.63) is 48.6 Å². The molecule has 0 aromatic heterocycles. The molecule has 2 aromatic carbocycles. The summed E-state index contributed by atoms with van der Waals surface area (Å²) in [6.07, 6.45) is 0.718. The molecule has 3 heteroatoms. The fraction of sp³-hybridized carbons (Fsp3) is 0.188. The number of benzene rings is 2. The molecule has 3 nitrogen and oxygen atoms in total. The summed E-state index contributed by atoms with van der Waals surface area (Å²) in [6.45, 7) is 2.89. The van der Waals surface area contributed by atoms with Gasteiger partial charge in [0.25, 0.3) is 0 Å². The molecule has 0 spiro atoms. The van der Waals surface area contributed by atoms with Gasteiger partial charge in [-0.1, -0.05) is 30.3 Å². The predicted molar refractivity (Wildman–Crippen MR) is 72.6 cm³/mol. The monoisotopic (exact) mass is 254 g/mol. The Morgan fingerprint density at radius 2 is 1.79 bits per heavy atom. The van der Waals surface area contributed by atoms with Gasteiger partial charge in [-0.05, 0) is 11.6 Å². The standard InChI is InChI=1S/C16H14O3/c1-17-14-8-4-7-13(16(14)18-2)12-6-3-5-11-9-10-19-15(11)12/h3-8H,9H2,1-2H3. The van der Waals surface area contributed by atoms with Gasteiger partial charge < -0.3 is 14.2 Å². The minimum atomic E-state index is 0.712. The third-order valence-electron chi connectivity index (χ3n) is 3.23. The summed E-state index contributed by atoms with van der Waals surface area (Å²) in [4.78, 5) is 0. The first-order chi connectivity index (χ1) is 9.35. The molecular formula is C16H14O3. The van der Waals surface area contributed by atoms with Crippen molar-refractivity contribution >= 4 is 0 Å². The highest BCUT2D eigenvalue weighted by molar-refractivity contribution is 5.80. The van der Waals surface area contributed by atoms with Crippen molar-refractivity contribution in [2.24, 2.45) is 0 Å². The Kier molecular flexibility index (Phi) is 3.03. The lowest BCUT2D eigenvalue weighted by atomic mass is 10.00. The van der Waals surface area contributed by atoms with Crippen LogP contribution in [0.15, 0.2) is 36.4 Å². The lowest BCUT2D eigenvalue weighted by molar-refractivity contribution is 0.356. The summed E-state index contributed by atoms with van der Waals surface area (Å²) >= 11 is 0. The average Bonchev–Trinajstić information content (AvgIpc) is 2.94. The highest BCUT2D eigenvalue weighted by Gasteiger charge is 2.21. The summed E-state index contributed by atoms with van der Waals surface area (Å²) in [6, 6.07) is 11.9. The Labute approximate surface area is 112 Å². The van der Waals surface area contributed by atoms with Gasteiger partial charge >= 0.3 is 0 Å². The SMILES string of the molecule is COc1cccc(-c2cccc3c2O[C]C3)c1OC.